The van der Waals surface area contributed by atoms with E-state index in [1.54, 1.807) is 26.6 Å². The first kappa shape index (κ1) is 23.2. The predicted octanol–water partition coefficient (Wildman–Crippen LogP) is 3.86. The summed E-state index contributed by atoms with van der Waals surface area (Å²) >= 11 is 0. The van der Waals surface area contributed by atoms with E-state index in [0.717, 1.165) is 33.9 Å². The zero-order valence-corrected chi connectivity index (χ0v) is 19.8. The predicted molar refractivity (Wildman–Crippen MR) is 132 cm³/mol. The molecule has 1 aliphatic heterocycles. The molecule has 0 saturated heterocycles. The lowest BCUT2D eigenvalue weighted by Gasteiger charge is -2.23. The van der Waals surface area contributed by atoms with Crippen molar-refractivity contribution in [2.75, 3.05) is 31.3 Å². The number of methoxy groups -OCH3 is 1. The summed E-state index contributed by atoms with van der Waals surface area (Å²) in [6, 6.07) is 13.3. The van der Waals surface area contributed by atoms with Crippen molar-refractivity contribution in [3.05, 3.63) is 65.5 Å². The second kappa shape index (κ2) is 9.91. The average Bonchev–Trinajstić information content (AvgIpc) is 3.25. The Morgan fingerprint density at radius 1 is 1.15 bits per heavy atom. The molecule has 0 fully saturated rings. The normalized spacial score (nSPS) is 14.1. The number of carbonyl (C=O) groups excluding carboxylic acids is 2. The number of benzene rings is 2. The van der Waals surface area contributed by atoms with Gasteiger partial charge in [0.2, 0.25) is 5.91 Å². The minimum atomic E-state index is -0.141. The molecule has 1 aliphatic rings. The standard InChI is InChI=1S/C26H29N5O3/c1-15(16(2)20-7-5-18(26(33)27-3)10-23(20)34-4)13-28-24-12-22(29-14-30-24)17-6-8-21-19(9-17)11-25(32)31-21/h5-10,12,14-16H,11,13H2,1-4H3,(H,27,33)(H,31,32)(H,28,29,30). The van der Waals surface area contributed by atoms with E-state index >= 15 is 0 Å². The van der Waals surface area contributed by atoms with Gasteiger partial charge in [0.15, 0.2) is 0 Å². The zero-order valence-electron chi connectivity index (χ0n) is 19.8. The van der Waals surface area contributed by atoms with Crippen LogP contribution in [0.4, 0.5) is 11.5 Å². The van der Waals surface area contributed by atoms with Crippen molar-refractivity contribution in [3.8, 4) is 17.0 Å². The number of hydrogen-bond donors (Lipinski definition) is 3. The fraction of sp³-hybridized carbons (Fsp3) is 0.308. The van der Waals surface area contributed by atoms with Crippen LogP contribution in [0.2, 0.25) is 0 Å². The Morgan fingerprint density at radius 3 is 2.74 bits per heavy atom. The maximum absolute atomic E-state index is 11.9. The number of fused-ring (bicyclic) bond motifs is 1. The highest BCUT2D eigenvalue weighted by Crippen LogP contribution is 2.33. The molecule has 3 N–H and O–H groups in total. The van der Waals surface area contributed by atoms with Crippen LogP contribution in [-0.2, 0) is 11.2 Å². The van der Waals surface area contributed by atoms with Crippen molar-refractivity contribution in [1.29, 1.82) is 0 Å². The number of hydrogen-bond acceptors (Lipinski definition) is 6. The molecular formula is C26H29N5O3. The number of rotatable bonds is 8. The van der Waals surface area contributed by atoms with Crippen LogP contribution in [0.25, 0.3) is 11.3 Å². The summed E-state index contributed by atoms with van der Waals surface area (Å²) in [6.45, 7) is 5.01. The molecule has 0 radical (unpaired) electrons. The maximum Gasteiger partial charge on any atom is 0.251 e. The Kier molecular flexibility index (Phi) is 6.77. The van der Waals surface area contributed by atoms with Crippen molar-refractivity contribution in [2.45, 2.75) is 26.2 Å². The van der Waals surface area contributed by atoms with Crippen molar-refractivity contribution >= 4 is 23.3 Å². The number of amides is 2. The SMILES string of the molecule is CNC(=O)c1ccc(C(C)C(C)CNc2cc(-c3ccc4c(c3)CC(=O)N4)ncn2)c(OC)c1. The molecule has 2 heterocycles. The molecule has 2 unspecified atom stereocenters. The maximum atomic E-state index is 11.9. The topological polar surface area (TPSA) is 105 Å². The van der Waals surface area contributed by atoms with Crippen molar-refractivity contribution in [1.82, 2.24) is 15.3 Å². The minimum absolute atomic E-state index is 0.0141. The summed E-state index contributed by atoms with van der Waals surface area (Å²) in [7, 11) is 3.23. The second-order valence-corrected chi connectivity index (χ2v) is 8.57. The summed E-state index contributed by atoms with van der Waals surface area (Å²) in [6.07, 6.45) is 1.94. The molecule has 2 atom stereocenters. The van der Waals surface area contributed by atoms with Crippen LogP contribution in [0.5, 0.6) is 5.75 Å². The quantitative estimate of drug-likeness (QED) is 0.472. The van der Waals surface area contributed by atoms with Gasteiger partial charge in [-0.1, -0.05) is 26.0 Å². The summed E-state index contributed by atoms with van der Waals surface area (Å²) < 4.78 is 5.57. The number of carbonyl (C=O) groups is 2. The number of nitrogens with one attached hydrogen (secondary N) is 3. The molecule has 8 nitrogen and oxygen atoms in total. The number of nitrogens with zero attached hydrogens (tertiary/aromatic N) is 2. The molecule has 0 saturated carbocycles. The van der Waals surface area contributed by atoms with E-state index in [2.05, 4.69) is 39.8 Å². The van der Waals surface area contributed by atoms with Gasteiger partial charge in [0, 0.05) is 36.5 Å². The summed E-state index contributed by atoms with van der Waals surface area (Å²) in [5.74, 6) is 1.76. The number of aromatic nitrogens is 2. The van der Waals surface area contributed by atoms with Gasteiger partial charge in [0.25, 0.3) is 5.91 Å². The van der Waals surface area contributed by atoms with Crippen LogP contribution >= 0.6 is 0 Å². The van der Waals surface area contributed by atoms with Crippen LogP contribution in [0.15, 0.2) is 48.8 Å². The monoisotopic (exact) mass is 459 g/mol. The van der Waals surface area contributed by atoms with Crippen molar-refractivity contribution in [3.63, 3.8) is 0 Å². The fourth-order valence-electron chi connectivity index (χ4n) is 4.12. The molecule has 0 bridgehead atoms. The van der Waals surface area contributed by atoms with Crippen LogP contribution < -0.4 is 20.7 Å². The lowest BCUT2D eigenvalue weighted by Crippen LogP contribution is -2.20. The van der Waals surface area contributed by atoms with E-state index in [-0.39, 0.29) is 23.7 Å². The van der Waals surface area contributed by atoms with E-state index in [4.69, 9.17) is 4.74 Å². The Morgan fingerprint density at radius 2 is 1.97 bits per heavy atom. The molecule has 0 aliphatic carbocycles. The summed E-state index contributed by atoms with van der Waals surface area (Å²) in [4.78, 5) is 32.4. The van der Waals surface area contributed by atoms with Gasteiger partial charge in [-0.05, 0) is 47.2 Å². The van der Waals surface area contributed by atoms with Crippen molar-refractivity contribution < 1.29 is 14.3 Å². The third kappa shape index (κ3) is 4.85. The van der Waals surface area contributed by atoms with E-state index in [0.29, 0.717) is 24.3 Å². The smallest absolute Gasteiger partial charge is 0.251 e. The Balaban J connectivity index is 1.44. The summed E-state index contributed by atoms with van der Waals surface area (Å²) in [5, 5.41) is 8.91. The van der Waals surface area contributed by atoms with E-state index in [9.17, 15) is 9.59 Å². The van der Waals surface area contributed by atoms with Gasteiger partial charge in [-0.3, -0.25) is 9.59 Å². The molecule has 176 valence electrons. The minimum Gasteiger partial charge on any atom is -0.496 e. The lowest BCUT2D eigenvalue weighted by atomic mass is 9.87. The highest BCUT2D eigenvalue weighted by molar-refractivity contribution is 5.99. The number of anilines is 2. The van der Waals surface area contributed by atoms with Gasteiger partial charge >= 0.3 is 0 Å². The average molecular weight is 460 g/mol. The van der Waals surface area contributed by atoms with Gasteiger partial charge in [-0.25, -0.2) is 9.97 Å². The van der Waals surface area contributed by atoms with Crippen LogP contribution in [0.3, 0.4) is 0 Å². The summed E-state index contributed by atoms with van der Waals surface area (Å²) in [5.41, 5.74) is 5.21. The molecule has 1 aromatic heterocycles. The van der Waals surface area contributed by atoms with Crippen LogP contribution in [0, 0.1) is 5.92 Å². The highest BCUT2D eigenvalue weighted by Gasteiger charge is 2.21. The van der Waals surface area contributed by atoms with Gasteiger partial charge in [-0.2, -0.15) is 0 Å². The molecule has 2 amide bonds. The zero-order chi connectivity index (χ0) is 24.2. The Labute approximate surface area is 199 Å². The van der Waals surface area contributed by atoms with E-state index in [1.807, 2.05) is 36.4 Å². The molecule has 2 aromatic carbocycles. The van der Waals surface area contributed by atoms with Gasteiger partial charge in [-0.15, -0.1) is 0 Å². The van der Waals surface area contributed by atoms with E-state index < -0.39 is 0 Å². The van der Waals surface area contributed by atoms with Gasteiger partial charge in [0.1, 0.15) is 17.9 Å². The first-order valence-electron chi connectivity index (χ1n) is 11.3. The Hall–Kier alpha value is -3.94. The van der Waals surface area contributed by atoms with Crippen LogP contribution in [0.1, 0.15) is 41.3 Å². The largest absolute Gasteiger partial charge is 0.496 e. The lowest BCUT2D eigenvalue weighted by molar-refractivity contribution is -0.115. The molecular weight excluding hydrogens is 430 g/mol. The molecule has 4 rings (SSSR count). The molecule has 3 aromatic rings. The first-order chi connectivity index (χ1) is 16.4. The number of ether oxygens (including phenoxy) is 1. The third-order valence-electron chi connectivity index (χ3n) is 6.37. The highest BCUT2D eigenvalue weighted by atomic mass is 16.5. The molecule has 0 spiro atoms. The second-order valence-electron chi connectivity index (χ2n) is 8.57. The first-order valence-corrected chi connectivity index (χ1v) is 11.3. The third-order valence-corrected chi connectivity index (χ3v) is 6.37. The molecule has 8 heteroatoms. The van der Waals surface area contributed by atoms with E-state index in [1.165, 1.54) is 0 Å². The van der Waals surface area contributed by atoms with Gasteiger partial charge in [0.05, 0.1) is 19.2 Å². The van der Waals surface area contributed by atoms with Gasteiger partial charge < -0.3 is 20.7 Å². The molecule has 34 heavy (non-hydrogen) atoms. The fourth-order valence-corrected chi connectivity index (χ4v) is 4.12. The van der Waals surface area contributed by atoms with Crippen molar-refractivity contribution in [2.24, 2.45) is 5.92 Å². The Bertz CT molecular complexity index is 1230. The van der Waals surface area contributed by atoms with Crippen LogP contribution in [-0.4, -0.2) is 42.5 Å².